The minimum atomic E-state index is -0.421. The van der Waals surface area contributed by atoms with Crippen LogP contribution >= 0.6 is 0 Å². The molecule has 0 saturated carbocycles. The third kappa shape index (κ3) is 5.12. The quantitative estimate of drug-likeness (QED) is 0.664. The summed E-state index contributed by atoms with van der Waals surface area (Å²) in [6.45, 7) is 9.25. The number of likely N-dealkylation sites (tertiary alicyclic amines) is 1. The number of hydrogen-bond donors (Lipinski definition) is 1. The van der Waals surface area contributed by atoms with Gasteiger partial charge in [0.1, 0.15) is 5.75 Å². The van der Waals surface area contributed by atoms with Gasteiger partial charge in [0.2, 0.25) is 11.8 Å². The van der Waals surface area contributed by atoms with Crippen LogP contribution in [0.15, 0.2) is 48.5 Å². The van der Waals surface area contributed by atoms with E-state index in [0.29, 0.717) is 37.1 Å². The molecule has 2 aliphatic rings. The molecule has 0 aromatic heterocycles. The van der Waals surface area contributed by atoms with E-state index < -0.39 is 6.04 Å². The maximum atomic E-state index is 13.6. The first-order chi connectivity index (χ1) is 16.4. The molecule has 2 aromatic rings. The predicted molar refractivity (Wildman–Crippen MR) is 135 cm³/mol. The molecule has 0 radical (unpaired) electrons. The van der Waals surface area contributed by atoms with E-state index >= 15 is 0 Å². The number of nitrogens with zero attached hydrogens (tertiary/aromatic N) is 2. The molecular formula is C28H37N3O3. The predicted octanol–water partition coefficient (Wildman–Crippen LogP) is 4.33. The molecule has 3 unspecified atom stereocenters. The molecule has 0 aliphatic carbocycles. The molecule has 2 aliphatic heterocycles. The van der Waals surface area contributed by atoms with Gasteiger partial charge in [-0.15, -0.1) is 0 Å². The van der Waals surface area contributed by atoms with E-state index in [9.17, 15) is 9.59 Å². The molecule has 3 atom stereocenters. The van der Waals surface area contributed by atoms with E-state index in [-0.39, 0.29) is 17.7 Å². The Kier molecular flexibility index (Phi) is 7.57. The Bertz CT molecular complexity index is 1000. The van der Waals surface area contributed by atoms with Gasteiger partial charge in [-0.3, -0.25) is 9.59 Å². The number of para-hydroxylation sites is 1. The highest BCUT2D eigenvalue weighted by molar-refractivity contribution is 5.97. The highest BCUT2D eigenvalue weighted by Gasteiger charge is 2.42. The van der Waals surface area contributed by atoms with Crippen molar-refractivity contribution in [3.63, 3.8) is 0 Å². The summed E-state index contributed by atoms with van der Waals surface area (Å²) in [6, 6.07) is 15.8. The summed E-state index contributed by atoms with van der Waals surface area (Å²) in [5.41, 5.74) is 2.81. The number of carbonyl (C=O) groups is 2. The number of benzene rings is 2. The lowest BCUT2D eigenvalue weighted by Gasteiger charge is -2.41. The molecule has 4 rings (SSSR count). The number of anilines is 1. The topological polar surface area (TPSA) is 61.9 Å². The number of piperidine rings is 1. The Labute approximate surface area is 203 Å². The Morgan fingerprint density at radius 3 is 2.53 bits per heavy atom. The number of ether oxygens (including phenoxy) is 1. The molecule has 1 N–H and O–H groups in total. The van der Waals surface area contributed by atoms with E-state index in [2.05, 4.69) is 24.1 Å². The number of methoxy groups -OCH3 is 1. The summed E-state index contributed by atoms with van der Waals surface area (Å²) >= 11 is 0. The van der Waals surface area contributed by atoms with E-state index in [1.54, 1.807) is 12.0 Å². The molecule has 182 valence electrons. The van der Waals surface area contributed by atoms with E-state index in [1.807, 2.05) is 55.5 Å². The first kappa shape index (κ1) is 24.3. The largest absolute Gasteiger partial charge is 0.496 e. The maximum absolute atomic E-state index is 13.6. The molecule has 0 bridgehead atoms. The van der Waals surface area contributed by atoms with Crippen molar-refractivity contribution in [1.29, 1.82) is 0 Å². The highest BCUT2D eigenvalue weighted by Crippen LogP contribution is 2.43. The number of nitrogens with one attached hydrogen (secondary N) is 1. The number of aryl methyl sites for hydroxylation is 1. The Balaban J connectivity index is 1.61. The summed E-state index contributed by atoms with van der Waals surface area (Å²) in [4.78, 5) is 31.1. The normalized spacial score (nSPS) is 23.4. The van der Waals surface area contributed by atoms with Gasteiger partial charge in [0.15, 0.2) is 0 Å². The molecule has 0 spiro atoms. The number of amides is 2. The zero-order valence-corrected chi connectivity index (χ0v) is 20.8. The average molecular weight is 464 g/mol. The molecule has 34 heavy (non-hydrogen) atoms. The van der Waals surface area contributed by atoms with E-state index in [0.717, 1.165) is 36.3 Å². The third-order valence-electron chi connectivity index (χ3n) is 7.32. The van der Waals surface area contributed by atoms with Gasteiger partial charge in [-0.05, 0) is 64.3 Å². The van der Waals surface area contributed by atoms with Crippen molar-refractivity contribution < 1.29 is 14.3 Å². The van der Waals surface area contributed by atoms with Crippen LogP contribution in [0.5, 0.6) is 5.75 Å². The summed E-state index contributed by atoms with van der Waals surface area (Å²) in [5, 5.41) is 3.24. The fourth-order valence-corrected chi connectivity index (χ4v) is 5.32. The molecule has 6 heteroatoms. The summed E-state index contributed by atoms with van der Waals surface area (Å²) in [6.07, 6.45) is 1.98. The van der Waals surface area contributed by atoms with Gasteiger partial charge in [-0.1, -0.05) is 35.9 Å². The number of hydrogen-bond acceptors (Lipinski definition) is 4. The second kappa shape index (κ2) is 10.6. The van der Waals surface area contributed by atoms with E-state index in [1.165, 1.54) is 0 Å². The standard InChI is InChI=1S/C28H37N3O3/c1-19(2)30-16-15-21(18-30)17-29-28(33)24-13-14-26(32)31(22-11-9-20(3)10-12-22)27(24)23-7-5-6-8-25(23)34-4/h5-12,19,21,24,27H,13-18H2,1-4H3,(H,29,33). The van der Waals surface area contributed by atoms with Crippen molar-refractivity contribution in [2.75, 3.05) is 31.6 Å². The van der Waals surface area contributed by atoms with Crippen LogP contribution in [0.4, 0.5) is 5.69 Å². The molecule has 2 aromatic carbocycles. The molecule has 6 nitrogen and oxygen atoms in total. The van der Waals surface area contributed by atoms with Crippen molar-refractivity contribution in [2.45, 2.75) is 52.1 Å². The van der Waals surface area contributed by atoms with Crippen LogP contribution in [0.25, 0.3) is 0 Å². The van der Waals surface area contributed by atoms with Gasteiger partial charge >= 0.3 is 0 Å². The van der Waals surface area contributed by atoms with Crippen LogP contribution in [0, 0.1) is 18.8 Å². The van der Waals surface area contributed by atoms with Gasteiger partial charge in [0, 0.05) is 36.8 Å². The van der Waals surface area contributed by atoms with Gasteiger partial charge < -0.3 is 19.9 Å². The summed E-state index contributed by atoms with van der Waals surface area (Å²) in [7, 11) is 1.63. The fourth-order valence-electron chi connectivity index (χ4n) is 5.32. The molecule has 2 saturated heterocycles. The zero-order valence-electron chi connectivity index (χ0n) is 20.8. The van der Waals surface area contributed by atoms with Crippen LogP contribution in [0.2, 0.25) is 0 Å². The van der Waals surface area contributed by atoms with Crippen molar-refractivity contribution >= 4 is 17.5 Å². The van der Waals surface area contributed by atoms with Crippen molar-refractivity contribution in [3.05, 3.63) is 59.7 Å². The van der Waals surface area contributed by atoms with Crippen molar-refractivity contribution in [2.24, 2.45) is 11.8 Å². The SMILES string of the molecule is COc1ccccc1C1C(C(=O)NCC2CCN(C(C)C)C2)CCC(=O)N1c1ccc(C)cc1. The minimum absolute atomic E-state index is 0.0171. The Morgan fingerprint density at radius 2 is 1.85 bits per heavy atom. The van der Waals surface area contributed by atoms with Crippen LogP contribution in [-0.2, 0) is 9.59 Å². The Morgan fingerprint density at radius 1 is 1.12 bits per heavy atom. The molecule has 2 fully saturated rings. The monoisotopic (exact) mass is 463 g/mol. The zero-order chi connectivity index (χ0) is 24.2. The van der Waals surface area contributed by atoms with Gasteiger partial charge in [-0.2, -0.15) is 0 Å². The minimum Gasteiger partial charge on any atom is -0.496 e. The Hall–Kier alpha value is -2.86. The number of rotatable bonds is 7. The summed E-state index contributed by atoms with van der Waals surface area (Å²) in [5.74, 6) is 0.864. The van der Waals surface area contributed by atoms with Gasteiger partial charge in [0.05, 0.1) is 19.1 Å². The molecule has 2 heterocycles. The molecular weight excluding hydrogens is 426 g/mol. The lowest BCUT2D eigenvalue weighted by Crippen LogP contribution is -2.49. The lowest BCUT2D eigenvalue weighted by molar-refractivity contribution is -0.129. The highest BCUT2D eigenvalue weighted by atomic mass is 16.5. The van der Waals surface area contributed by atoms with Crippen molar-refractivity contribution in [1.82, 2.24) is 10.2 Å². The van der Waals surface area contributed by atoms with Gasteiger partial charge in [0.25, 0.3) is 0 Å². The second-order valence-corrected chi connectivity index (χ2v) is 9.92. The van der Waals surface area contributed by atoms with Crippen molar-refractivity contribution in [3.8, 4) is 5.75 Å². The first-order valence-corrected chi connectivity index (χ1v) is 12.4. The summed E-state index contributed by atoms with van der Waals surface area (Å²) < 4.78 is 5.67. The van der Waals surface area contributed by atoms with Crippen LogP contribution in [-0.4, -0.2) is 49.5 Å². The van der Waals surface area contributed by atoms with Crippen LogP contribution in [0.3, 0.4) is 0 Å². The smallest absolute Gasteiger partial charge is 0.227 e. The second-order valence-electron chi connectivity index (χ2n) is 9.92. The van der Waals surface area contributed by atoms with Gasteiger partial charge in [-0.25, -0.2) is 0 Å². The first-order valence-electron chi connectivity index (χ1n) is 12.4. The van der Waals surface area contributed by atoms with Crippen LogP contribution < -0.4 is 15.0 Å². The third-order valence-corrected chi connectivity index (χ3v) is 7.32. The van der Waals surface area contributed by atoms with Crippen LogP contribution in [0.1, 0.15) is 50.3 Å². The number of carbonyl (C=O) groups excluding carboxylic acids is 2. The maximum Gasteiger partial charge on any atom is 0.227 e. The fraction of sp³-hybridized carbons (Fsp3) is 0.500. The molecule has 2 amide bonds. The van der Waals surface area contributed by atoms with E-state index in [4.69, 9.17) is 4.74 Å². The average Bonchev–Trinajstić information content (AvgIpc) is 3.32. The lowest BCUT2D eigenvalue weighted by atomic mass is 9.82.